The van der Waals surface area contributed by atoms with Crippen LogP contribution in [0.4, 0.5) is 11.4 Å². The maximum Gasteiger partial charge on any atom is 0.275 e. The number of non-ortho nitro benzene ring substituents is 1. The number of anilines is 1. The van der Waals surface area contributed by atoms with Crippen LogP contribution in [0.1, 0.15) is 20.3 Å². The number of thioether (sulfide) groups is 1. The molecule has 0 aromatic heterocycles. The highest BCUT2D eigenvalue weighted by atomic mass is 32.2. The number of rotatable bonds is 9. The van der Waals surface area contributed by atoms with Crippen LogP contribution in [-0.4, -0.2) is 30.1 Å². The summed E-state index contributed by atoms with van der Waals surface area (Å²) in [6.45, 7) is 5.49. The topological polar surface area (TPSA) is 64.4 Å². The third-order valence-electron chi connectivity index (χ3n) is 2.68. The number of benzene rings is 1. The van der Waals surface area contributed by atoms with Gasteiger partial charge in [0.2, 0.25) is 0 Å². The predicted molar refractivity (Wildman–Crippen MR) is 84.9 cm³/mol. The highest BCUT2D eigenvalue weighted by Crippen LogP contribution is 2.26. The summed E-state index contributed by atoms with van der Waals surface area (Å²) in [7, 11) is 0. The molecule has 0 fully saturated rings. The van der Waals surface area contributed by atoms with Gasteiger partial charge in [0.15, 0.2) is 0 Å². The number of nitro groups is 1. The average Bonchev–Trinajstić information content (AvgIpc) is 2.43. The van der Waals surface area contributed by atoms with E-state index in [2.05, 4.69) is 18.5 Å². The van der Waals surface area contributed by atoms with Gasteiger partial charge in [0, 0.05) is 24.4 Å². The van der Waals surface area contributed by atoms with Crippen LogP contribution in [-0.2, 0) is 0 Å². The number of hydrogen-bond acceptors (Lipinski definition) is 5. The Morgan fingerprint density at radius 3 is 2.80 bits per heavy atom. The molecule has 0 aliphatic rings. The quantitative estimate of drug-likeness (QED) is 0.555. The summed E-state index contributed by atoms with van der Waals surface area (Å²) in [6, 6.07) is 4.82. The van der Waals surface area contributed by atoms with Crippen LogP contribution in [0.2, 0.25) is 0 Å². The molecule has 0 spiro atoms. The first kappa shape index (κ1) is 16.6. The summed E-state index contributed by atoms with van der Waals surface area (Å²) < 4.78 is 5.49. The van der Waals surface area contributed by atoms with Crippen molar-refractivity contribution in [1.29, 1.82) is 0 Å². The van der Waals surface area contributed by atoms with Crippen molar-refractivity contribution in [3.63, 3.8) is 0 Å². The minimum absolute atomic E-state index is 0.0543. The highest BCUT2D eigenvalue weighted by molar-refractivity contribution is 7.98. The van der Waals surface area contributed by atoms with Crippen LogP contribution in [0.5, 0.6) is 5.75 Å². The van der Waals surface area contributed by atoms with Crippen LogP contribution < -0.4 is 10.1 Å². The molecule has 0 bridgehead atoms. The number of nitro benzene ring substituents is 1. The van der Waals surface area contributed by atoms with Crippen molar-refractivity contribution >= 4 is 23.1 Å². The van der Waals surface area contributed by atoms with Gasteiger partial charge in [0.25, 0.3) is 5.69 Å². The van der Waals surface area contributed by atoms with E-state index in [9.17, 15) is 10.1 Å². The van der Waals surface area contributed by atoms with Gasteiger partial charge in [-0.3, -0.25) is 10.1 Å². The molecule has 1 N–H and O–H groups in total. The standard InChI is InChI=1S/C14H22N2O3S/c1-4-5-19-14-7-12(6-13(8-14)16(17)18)15-9-11(2)10-20-3/h6-8,11,15H,4-5,9-10H2,1-3H3. The molecule has 20 heavy (non-hydrogen) atoms. The van der Waals surface area contributed by atoms with Crippen molar-refractivity contribution in [3.05, 3.63) is 28.3 Å². The first-order valence-electron chi connectivity index (χ1n) is 6.72. The minimum Gasteiger partial charge on any atom is -0.493 e. The molecule has 0 aliphatic carbocycles. The van der Waals surface area contributed by atoms with Gasteiger partial charge < -0.3 is 10.1 Å². The molecule has 1 unspecified atom stereocenters. The Hall–Kier alpha value is -1.43. The second kappa shape index (κ2) is 8.68. The molecule has 112 valence electrons. The largest absolute Gasteiger partial charge is 0.493 e. The van der Waals surface area contributed by atoms with Crippen LogP contribution in [0.3, 0.4) is 0 Å². The normalized spacial score (nSPS) is 11.9. The molecule has 1 rings (SSSR count). The lowest BCUT2D eigenvalue weighted by Gasteiger charge is -2.13. The van der Waals surface area contributed by atoms with Crippen LogP contribution >= 0.6 is 11.8 Å². The van der Waals surface area contributed by atoms with E-state index in [4.69, 9.17) is 4.74 Å². The lowest BCUT2D eigenvalue weighted by atomic mass is 10.2. The van der Waals surface area contributed by atoms with E-state index in [0.717, 1.165) is 24.4 Å². The molecule has 0 saturated heterocycles. The Morgan fingerprint density at radius 1 is 1.45 bits per heavy atom. The maximum absolute atomic E-state index is 10.9. The number of nitrogens with one attached hydrogen (secondary N) is 1. The van der Waals surface area contributed by atoms with E-state index in [-0.39, 0.29) is 5.69 Å². The molecule has 1 aromatic carbocycles. The zero-order chi connectivity index (χ0) is 15.0. The zero-order valence-electron chi connectivity index (χ0n) is 12.2. The minimum atomic E-state index is -0.394. The summed E-state index contributed by atoms with van der Waals surface area (Å²) in [5.74, 6) is 2.10. The van der Waals surface area contributed by atoms with Gasteiger partial charge in [-0.1, -0.05) is 13.8 Å². The lowest BCUT2D eigenvalue weighted by molar-refractivity contribution is -0.384. The molecule has 0 aliphatic heterocycles. The van der Waals surface area contributed by atoms with E-state index in [1.165, 1.54) is 6.07 Å². The molecule has 1 atom stereocenters. The van der Waals surface area contributed by atoms with Crippen LogP contribution in [0.15, 0.2) is 18.2 Å². The molecule has 6 heteroatoms. The fourth-order valence-electron chi connectivity index (χ4n) is 1.73. The molecule has 0 saturated carbocycles. The van der Waals surface area contributed by atoms with E-state index in [1.807, 2.05) is 13.0 Å². The van der Waals surface area contributed by atoms with Gasteiger partial charge in [-0.15, -0.1) is 0 Å². The fourth-order valence-corrected chi connectivity index (χ4v) is 2.42. The van der Waals surface area contributed by atoms with Crippen molar-refractivity contribution in [2.75, 3.05) is 30.5 Å². The van der Waals surface area contributed by atoms with E-state index in [0.29, 0.717) is 18.3 Å². The van der Waals surface area contributed by atoms with Crippen molar-refractivity contribution in [2.24, 2.45) is 5.92 Å². The molecule has 0 heterocycles. The molecule has 1 aromatic rings. The van der Waals surface area contributed by atoms with E-state index in [1.54, 1.807) is 17.8 Å². The fraction of sp³-hybridized carbons (Fsp3) is 0.571. The average molecular weight is 298 g/mol. The van der Waals surface area contributed by atoms with Crippen molar-refractivity contribution in [3.8, 4) is 5.75 Å². The number of nitrogens with zero attached hydrogens (tertiary/aromatic N) is 1. The summed E-state index contributed by atoms with van der Waals surface area (Å²) in [6.07, 6.45) is 2.94. The van der Waals surface area contributed by atoms with Gasteiger partial charge in [0.1, 0.15) is 5.75 Å². The van der Waals surface area contributed by atoms with Crippen molar-refractivity contribution in [1.82, 2.24) is 0 Å². The lowest BCUT2D eigenvalue weighted by Crippen LogP contribution is -2.13. The molecular formula is C14H22N2O3S. The smallest absolute Gasteiger partial charge is 0.275 e. The van der Waals surface area contributed by atoms with Gasteiger partial charge in [-0.05, 0) is 24.3 Å². The molecule has 0 radical (unpaired) electrons. The Kier molecular flexibility index (Phi) is 7.22. The third kappa shape index (κ3) is 5.69. The Bertz CT molecular complexity index is 440. The Morgan fingerprint density at radius 2 is 2.20 bits per heavy atom. The van der Waals surface area contributed by atoms with Gasteiger partial charge in [0.05, 0.1) is 17.6 Å². The second-order valence-corrected chi connectivity index (χ2v) is 5.67. The summed E-state index contributed by atoms with van der Waals surface area (Å²) in [4.78, 5) is 10.5. The van der Waals surface area contributed by atoms with E-state index < -0.39 is 4.92 Å². The van der Waals surface area contributed by atoms with Gasteiger partial charge in [-0.25, -0.2) is 0 Å². The van der Waals surface area contributed by atoms with Crippen LogP contribution in [0.25, 0.3) is 0 Å². The monoisotopic (exact) mass is 298 g/mol. The molecule has 0 amide bonds. The third-order valence-corrected chi connectivity index (χ3v) is 3.58. The Balaban J connectivity index is 2.77. The first-order chi connectivity index (χ1) is 9.56. The Labute approximate surface area is 124 Å². The van der Waals surface area contributed by atoms with Crippen molar-refractivity contribution < 1.29 is 9.66 Å². The molecular weight excluding hydrogens is 276 g/mol. The van der Waals surface area contributed by atoms with E-state index >= 15 is 0 Å². The van der Waals surface area contributed by atoms with Gasteiger partial charge >= 0.3 is 0 Å². The SMILES string of the molecule is CCCOc1cc(NCC(C)CSC)cc([N+](=O)[O-])c1. The zero-order valence-corrected chi connectivity index (χ0v) is 13.0. The van der Waals surface area contributed by atoms with Crippen molar-refractivity contribution in [2.45, 2.75) is 20.3 Å². The number of ether oxygens (including phenoxy) is 1. The maximum atomic E-state index is 10.9. The van der Waals surface area contributed by atoms with Crippen LogP contribution in [0, 0.1) is 16.0 Å². The molecule has 5 nitrogen and oxygen atoms in total. The summed E-state index contributed by atoms with van der Waals surface area (Å²) in [5.41, 5.74) is 0.789. The number of hydrogen-bond donors (Lipinski definition) is 1. The first-order valence-corrected chi connectivity index (χ1v) is 8.11. The highest BCUT2D eigenvalue weighted by Gasteiger charge is 2.11. The predicted octanol–water partition coefficient (Wildman–Crippen LogP) is 3.79. The van der Waals surface area contributed by atoms with Gasteiger partial charge in [-0.2, -0.15) is 11.8 Å². The summed E-state index contributed by atoms with van der Waals surface area (Å²) >= 11 is 1.79. The summed E-state index contributed by atoms with van der Waals surface area (Å²) in [5, 5.41) is 14.2. The second-order valence-electron chi connectivity index (χ2n) is 4.76.